The number of rotatable bonds is 5. The third kappa shape index (κ3) is 3.62. The fraction of sp³-hybridized carbons (Fsp3) is 0.0870. The van der Waals surface area contributed by atoms with Crippen LogP contribution in [0.25, 0.3) is 31.7 Å². The molecular weight excluding hydrogens is 432 g/mol. The Kier molecular flexibility index (Phi) is 5.05. The number of anilines is 2. The van der Waals surface area contributed by atoms with Crippen LogP contribution >= 0.6 is 22.9 Å². The largest absolute Gasteiger partial charge is 0.493 e. The summed E-state index contributed by atoms with van der Waals surface area (Å²) in [5, 5.41) is 5.65. The van der Waals surface area contributed by atoms with E-state index in [4.69, 9.17) is 26.1 Å². The molecule has 5 aromatic rings. The van der Waals surface area contributed by atoms with Crippen molar-refractivity contribution >= 4 is 55.6 Å². The van der Waals surface area contributed by atoms with Crippen molar-refractivity contribution in [1.82, 2.24) is 15.0 Å². The quantitative estimate of drug-likeness (QED) is 0.339. The van der Waals surface area contributed by atoms with Gasteiger partial charge >= 0.3 is 0 Å². The second kappa shape index (κ2) is 8.02. The maximum absolute atomic E-state index is 6.50. The number of hydrogen-bond donors (Lipinski definition) is 1. The molecule has 2 heterocycles. The van der Waals surface area contributed by atoms with E-state index in [1.807, 2.05) is 48.5 Å². The summed E-state index contributed by atoms with van der Waals surface area (Å²) >= 11 is 8.15. The van der Waals surface area contributed by atoms with Crippen molar-refractivity contribution in [3.63, 3.8) is 0 Å². The minimum absolute atomic E-state index is 0.581. The molecule has 8 heteroatoms. The van der Waals surface area contributed by atoms with E-state index in [1.54, 1.807) is 25.6 Å². The van der Waals surface area contributed by atoms with Crippen molar-refractivity contribution in [3.05, 3.63) is 65.9 Å². The van der Waals surface area contributed by atoms with Crippen LogP contribution in [0.4, 0.5) is 11.5 Å². The van der Waals surface area contributed by atoms with Gasteiger partial charge in [-0.1, -0.05) is 29.8 Å². The molecule has 5 rings (SSSR count). The molecule has 0 fully saturated rings. The van der Waals surface area contributed by atoms with Crippen molar-refractivity contribution in [3.8, 4) is 22.1 Å². The lowest BCUT2D eigenvalue weighted by Crippen LogP contribution is -1.98. The van der Waals surface area contributed by atoms with Gasteiger partial charge in [-0.3, -0.25) is 0 Å². The maximum atomic E-state index is 6.50. The van der Waals surface area contributed by atoms with E-state index in [0.29, 0.717) is 22.3 Å². The molecule has 154 valence electrons. The third-order valence-electron chi connectivity index (χ3n) is 4.90. The highest BCUT2D eigenvalue weighted by Gasteiger charge is 2.13. The van der Waals surface area contributed by atoms with Gasteiger partial charge in [-0.25, -0.2) is 15.0 Å². The lowest BCUT2D eigenvalue weighted by Gasteiger charge is -2.13. The van der Waals surface area contributed by atoms with Gasteiger partial charge in [0.25, 0.3) is 0 Å². The standard InChI is InChI=1S/C23H17ClN4O2S/c1-29-19-10-14-17(11-20(19)30-2)25-12-26-22(14)27-18-9-13(7-8-15(18)24)23-28-16-5-3-4-6-21(16)31-23/h3-12H,1-2H3,(H,25,26,27). The van der Waals surface area contributed by atoms with Crippen LogP contribution in [0.5, 0.6) is 11.5 Å². The average Bonchev–Trinajstić information content (AvgIpc) is 3.24. The summed E-state index contributed by atoms with van der Waals surface area (Å²) in [5.74, 6) is 1.83. The van der Waals surface area contributed by atoms with Crippen LogP contribution in [-0.2, 0) is 0 Å². The molecule has 0 unspecified atom stereocenters. The average molecular weight is 449 g/mol. The number of halogens is 1. The Labute approximate surface area is 187 Å². The smallest absolute Gasteiger partial charge is 0.162 e. The van der Waals surface area contributed by atoms with Gasteiger partial charge in [-0.05, 0) is 30.3 Å². The molecule has 0 radical (unpaired) electrons. The first-order valence-corrected chi connectivity index (χ1v) is 10.6. The van der Waals surface area contributed by atoms with Crippen LogP contribution in [0.1, 0.15) is 0 Å². The first-order chi connectivity index (χ1) is 15.2. The minimum Gasteiger partial charge on any atom is -0.493 e. The predicted octanol–water partition coefficient (Wildman–Crippen LogP) is 6.32. The minimum atomic E-state index is 0.581. The Morgan fingerprint density at radius 1 is 0.903 bits per heavy atom. The summed E-state index contributed by atoms with van der Waals surface area (Å²) in [5.41, 5.74) is 3.42. The number of thiazole rings is 1. The summed E-state index contributed by atoms with van der Waals surface area (Å²) in [4.78, 5) is 13.5. The Morgan fingerprint density at radius 3 is 2.52 bits per heavy atom. The van der Waals surface area contributed by atoms with Gasteiger partial charge in [0.2, 0.25) is 0 Å². The number of aromatic nitrogens is 3. The SMILES string of the molecule is COc1cc2ncnc(Nc3cc(-c4nc5ccccc5s4)ccc3Cl)c2cc1OC. The molecule has 0 aliphatic carbocycles. The number of ether oxygens (including phenoxy) is 2. The molecule has 0 spiro atoms. The summed E-state index contributed by atoms with van der Waals surface area (Å²) in [7, 11) is 3.19. The fourth-order valence-corrected chi connectivity index (χ4v) is 4.49. The molecule has 6 nitrogen and oxygen atoms in total. The third-order valence-corrected chi connectivity index (χ3v) is 6.32. The Hall–Kier alpha value is -3.42. The molecule has 0 amide bonds. The summed E-state index contributed by atoms with van der Waals surface area (Å²) < 4.78 is 12.0. The first kappa shape index (κ1) is 19.5. The lowest BCUT2D eigenvalue weighted by atomic mass is 10.1. The van der Waals surface area contributed by atoms with Gasteiger partial charge in [0, 0.05) is 17.0 Å². The predicted molar refractivity (Wildman–Crippen MR) is 126 cm³/mol. The van der Waals surface area contributed by atoms with Gasteiger partial charge in [0.15, 0.2) is 11.5 Å². The molecular formula is C23H17ClN4O2S. The zero-order valence-corrected chi connectivity index (χ0v) is 18.3. The van der Waals surface area contributed by atoms with E-state index >= 15 is 0 Å². The van der Waals surface area contributed by atoms with Gasteiger partial charge in [-0.2, -0.15) is 0 Å². The molecule has 0 atom stereocenters. The maximum Gasteiger partial charge on any atom is 0.162 e. The molecule has 0 saturated heterocycles. The van der Waals surface area contributed by atoms with Crippen LogP contribution in [0, 0.1) is 0 Å². The number of fused-ring (bicyclic) bond motifs is 2. The summed E-state index contributed by atoms with van der Waals surface area (Å²) in [6, 6.07) is 17.6. The first-order valence-electron chi connectivity index (χ1n) is 9.45. The number of hydrogen-bond acceptors (Lipinski definition) is 7. The highest BCUT2D eigenvalue weighted by molar-refractivity contribution is 7.21. The lowest BCUT2D eigenvalue weighted by molar-refractivity contribution is 0.356. The highest BCUT2D eigenvalue weighted by Crippen LogP contribution is 2.37. The second-order valence-electron chi connectivity index (χ2n) is 6.75. The molecule has 0 aliphatic heterocycles. The zero-order chi connectivity index (χ0) is 21.4. The van der Waals surface area contributed by atoms with Crippen molar-refractivity contribution in [1.29, 1.82) is 0 Å². The number of para-hydroxylation sites is 1. The van der Waals surface area contributed by atoms with Crippen LogP contribution in [0.15, 0.2) is 60.9 Å². The highest BCUT2D eigenvalue weighted by atomic mass is 35.5. The molecule has 31 heavy (non-hydrogen) atoms. The van der Waals surface area contributed by atoms with Crippen LogP contribution < -0.4 is 14.8 Å². The Bertz CT molecular complexity index is 1390. The van der Waals surface area contributed by atoms with E-state index < -0.39 is 0 Å². The van der Waals surface area contributed by atoms with E-state index in [-0.39, 0.29) is 0 Å². The van der Waals surface area contributed by atoms with Gasteiger partial charge in [0.05, 0.1) is 40.7 Å². The Morgan fingerprint density at radius 2 is 1.71 bits per heavy atom. The van der Waals surface area contributed by atoms with Crippen LogP contribution in [-0.4, -0.2) is 29.2 Å². The monoisotopic (exact) mass is 448 g/mol. The molecule has 1 N–H and O–H groups in total. The van der Waals surface area contributed by atoms with Gasteiger partial charge in [-0.15, -0.1) is 11.3 Å². The van der Waals surface area contributed by atoms with Crippen molar-refractivity contribution in [2.24, 2.45) is 0 Å². The number of benzene rings is 3. The molecule has 0 saturated carbocycles. The molecule has 0 aliphatic rings. The summed E-state index contributed by atoms with van der Waals surface area (Å²) in [6.45, 7) is 0. The van der Waals surface area contributed by atoms with Gasteiger partial charge < -0.3 is 14.8 Å². The van der Waals surface area contributed by atoms with E-state index in [0.717, 1.165) is 37.4 Å². The molecule has 3 aromatic carbocycles. The topological polar surface area (TPSA) is 69.2 Å². The van der Waals surface area contributed by atoms with Crippen LogP contribution in [0.3, 0.4) is 0 Å². The van der Waals surface area contributed by atoms with Crippen molar-refractivity contribution in [2.45, 2.75) is 0 Å². The normalized spacial score (nSPS) is 11.1. The summed E-state index contributed by atoms with van der Waals surface area (Å²) in [6.07, 6.45) is 1.50. The number of nitrogens with zero attached hydrogens (tertiary/aromatic N) is 3. The van der Waals surface area contributed by atoms with Crippen molar-refractivity contribution < 1.29 is 9.47 Å². The van der Waals surface area contributed by atoms with Gasteiger partial charge in [0.1, 0.15) is 17.2 Å². The Balaban J connectivity index is 1.57. The van der Waals surface area contributed by atoms with E-state index in [9.17, 15) is 0 Å². The van der Waals surface area contributed by atoms with E-state index in [2.05, 4.69) is 21.4 Å². The van der Waals surface area contributed by atoms with Crippen LogP contribution in [0.2, 0.25) is 5.02 Å². The number of methoxy groups -OCH3 is 2. The number of nitrogens with one attached hydrogen (secondary N) is 1. The molecule has 2 aromatic heterocycles. The molecule has 0 bridgehead atoms. The fourth-order valence-electron chi connectivity index (χ4n) is 3.36. The van der Waals surface area contributed by atoms with E-state index in [1.165, 1.54) is 6.33 Å². The second-order valence-corrected chi connectivity index (χ2v) is 8.19. The van der Waals surface area contributed by atoms with Crippen molar-refractivity contribution in [2.75, 3.05) is 19.5 Å². The zero-order valence-electron chi connectivity index (χ0n) is 16.7.